The molecule has 1 heterocycles. The lowest BCUT2D eigenvalue weighted by atomic mass is 10.2. The molecule has 1 fully saturated rings. The summed E-state index contributed by atoms with van der Waals surface area (Å²) in [5, 5.41) is 7.08. The highest BCUT2D eigenvalue weighted by atomic mass is 35.5. The number of carbonyl (C=O) groups excluding carboxylic acids is 3. The molecule has 1 aliphatic heterocycles. The average Bonchev–Trinajstić information content (AvgIpc) is 3.07. The lowest BCUT2D eigenvalue weighted by Gasteiger charge is -2.18. The van der Waals surface area contributed by atoms with Crippen molar-refractivity contribution in [1.82, 2.24) is 10.3 Å². The fraction of sp³-hybridized carbons (Fsp3) is 0.304. The van der Waals surface area contributed by atoms with Crippen molar-refractivity contribution in [3.05, 3.63) is 59.1 Å². The maximum absolute atomic E-state index is 12.2. The smallest absolute Gasteiger partial charge is 0.329 e. The van der Waals surface area contributed by atoms with Crippen LogP contribution in [-0.2, 0) is 14.4 Å². The van der Waals surface area contributed by atoms with Crippen LogP contribution in [0, 0.1) is 0 Å². The second-order valence-electron chi connectivity index (χ2n) is 7.32. The maximum Gasteiger partial charge on any atom is 0.329 e. The van der Waals surface area contributed by atoms with Gasteiger partial charge in [-0.1, -0.05) is 30.5 Å². The van der Waals surface area contributed by atoms with Crippen molar-refractivity contribution in [2.45, 2.75) is 25.7 Å². The first-order chi connectivity index (χ1) is 15.5. The number of nitrogens with one attached hydrogen (secondary N) is 2. The van der Waals surface area contributed by atoms with Gasteiger partial charge in [0.05, 0.1) is 6.21 Å². The molecule has 3 rings (SSSR count). The van der Waals surface area contributed by atoms with E-state index in [0.717, 1.165) is 25.7 Å². The number of hydrogen-bond acceptors (Lipinski definition) is 5. The highest BCUT2D eigenvalue weighted by Crippen LogP contribution is 2.15. The van der Waals surface area contributed by atoms with E-state index in [4.69, 9.17) is 16.3 Å². The Bertz CT molecular complexity index is 970. The fourth-order valence-electron chi connectivity index (χ4n) is 3.19. The van der Waals surface area contributed by atoms with Crippen molar-refractivity contribution in [3.63, 3.8) is 0 Å². The number of halogens is 1. The van der Waals surface area contributed by atoms with Crippen molar-refractivity contribution in [3.8, 4) is 5.75 Å². The molecule has 0 spiro atoms. The first-order valence-electron chi connectivity index (χ1n) is 10.4. The van der Waals surface area contributed by atoms with Gasteiger partial charge in [-0.3, -0.25) is 14.4 Å². The van der Waals surface area contributed by atoms with Gasteiger partial charge in [0.15, 0.2) is 6.61 Å². The van der Waals surface area contributed by atoms with Crippen molar-refractivity contribution in [2.24, 2.45) is 5.10 Å². The van der Waals surface area contributed by atoms with E-state index in [2.05, 4.69) is 15.8 Å². The molecule has 2 aromatic carbocycles. The molecule has 8 nitrogen and oxygen atoms in total. The third-order valence-electron chi connectivity index (χ3n) is 4.83. The predicted molar refractivity (Wildman–Crippen MR) is 123 cm³/mol. The van der Waals surface area contributed by atoms with Crippen LogP contribution in [0.3, 0.4) is 0 Å². The summed E-state index contributed by atoms with van der Waals surface area (Å²) < 4.78 is 5.47. The lowest BCUT2D eigenvalue weighted by molar-refractivity contribution is -0.145. The number of rotatable bonds is 6. The third-order valence-corrected chi connectivity index (χ3v) is 5.06. The third kappa shape index (κ3) is 7.39. The second kappa shape index (κ2) is 11.9. The summed E-state index contributed by atoms with van der Waals surface area (Å²) in [6.45, 7) is 1.05. The Balaban J connectivity index is 1.42. The minimum atomic E-state index is -0.742. The zero-order valence-electron chi connectivity index (χ0n) is 17.6. The Kier molecular flexibility index (Phi) is 8.62. The van der Waals surface area contributed by atoms with Crippen LogP contribution in [0.25, 0.3) is 0 Å². The summed E-state index contributed by atoms with van der Waals surface area (Å²) in [4.78, 5) is 37.8. The minimum Gasteiger partial charge on any atom is -0.484 e. The number of hydrogen-bond donors (Lipinski definition) is 2. The van der Waals surface area contributed by atoms with E-state index in [9.17, 15) is 14.4 Å². The topological polar surface area (TPSA) is 100 Å². The Morgan fingerprint density at radius 1 is 1.03 bits per heavy atom. The molecule has 0 aromatic heterocycles. The Hall–Kier alpha value is -3.39. The Morgan fingerprint density at radius 2 is 1.75 bits per heavy atom. The highest BCUT2D eigenvalue weighted by molar-refractivity contribution is 6.35. The number of ether oxygens (including phenoxy) is 1. The van der Waals surface area contributed by atoms with Gasteiger partial charge in [0.1, 0.15) is 5.75 Å². The standard InChI is InChI=1S/C23H25ClN4O4/c24-18-6-5-7-19(14-18)26-21(29)16-32-20-10-8-17(9-11-20)15-25-27-22(30)23(31)28-12-3-1-2-4-13-28/h5-11,14-15H,1-4,12-13,16H2,(H,26,29)(H,27,30)/b25-15-. The van der Waals surface area contributed by atoms with Crippen LogP contribution in [0.1, 0.15) is 31.2 Å². The van der Waals surface area contributed by atoms with Gasteiger partial charge in [-0.05, 0) is 60.9 Å². The molecule has 0 saturated carbocycles. The van der Waals surface area contributed by atoms with Crippen LogP contribution in [0.5, 0.6) is 5.75 Å². The van der Waals surface area contributed by atoms with Gasteiger partial charge in [-0.25, -0.2) is 5.43 Å². The van der Waals surface area contributed by atoms with Crippen LogP contribution in [0.4, 0.5) is 5.69 Å². The summed E-state index contributed by atoms with van der Waals surface area (Å²) >= 11 is 5.89. The van der Waals surface area contributed by atoms with E-state index >= 15 is 0 Å². The second-order valence-corrected chi connectivity index (χ2v) is 7.76. The summed E-state index contributed by atoms with van der Waals surface area (Å²) in [5.41, 5.74) is 3.57. The Labute approximate surface area is 191 Å². The van der Waals surface area contributed by atoms with Gasteiger partial charge >= 0.3 is 11.8 Å². The molecule has 3 amide bonds. The van der Waals surface area contributed by atoms with Crippen molar-refractivity contribution >= 4 is 41.2 Å². The van der Waals surface area contributed by atoms with Gasteiger partial charge in [0.2, 0.25) is 0 Å². The van der Waals surface area contributed by atoms with E-state index in [-0.39, 0.29) is 12.5 Å². The molecule has 2 N–H and O–H groups in total. The molecule has 0 bridgehead atoms. The van der Waals surface area contributed by atoms with Crippen molar-refractivity contribution in [2.75, 3.05) is 25.0 Å². The fourth-order valence-corrected chi connectivity index (χ4v) is 3.38. The average molecular weight is 457 g/mol. The van der Waals surface area contributed by atoms with E-state index in [1.807, 2.05) is 0 Å². The molecular formula is C23H25ClN4O4. The first-order valence-corrected chi connectivity index (χ1v) is 10.8. The van der Waals surface area contributed by atoms with Crippen molar-refractivity contribution < 1.29 is 19.1 Å². The number of amides is 3. The molecular weight excluding hydrogens is 432 g/mol. The summed E-state index contributed by atoms with van der Waals surface area (Å²) in [5.74, 6) is -1.10. The lowest BCUT2D eigenvalue weighted by Crippen LogP contribution is -2.41. The quantitative estimate of drug-likeness (QED) is 0.396. The van der Waals surface area contributed by atoms with Crippen LogP contribution < -0.4 is 15.5 Å². The van der Waals surface area contributed by atoms with E-state index in [1.165, 1.54) is 6.21 Å². The van der Waals surface area contributed by atoms with E-state index in [0.29, 0.717) is 35.1 Å². The number of carbonyl (C=O) groups is 3. The number of benzene rings is 2. The number of hydrazone groups is 1. The largest absolute Gasteiger partial charge is 0.484 e. The molecule has 0 radical (unpaired) electrons. The van der Waals surface area contributed by atoms with Gasteiger partial charge in [0, 0.05) is 23.8 Å². The molecule has 0 unspecified atom stereocenters. The first kappa shape index (κ1) is 23.3. The zero-order chi connectivity index (χ0) is 22.8. The summed E-state index contributed by atoms with van der Waals surface area (Å²) in [7, 11) is 0. The van der Waals surface area contributed by atoms with E-state index < -0.39 is 11.8 Å². The molecule has 0 atom stereocenters. The van der Waals surface area contributed by atoms with Crippen LogP contribution >= 0.6 is 11.6 Å². The summed E-state index contributed by atoms with van der Waals surface area (Å²) in [6.07, 6.45) is 5.42. The molecule has 32 heavy (non-hydrogen) atoms. The molecule has 0 aliphatic carbocycles. The number of nitrogens with zero attached hydrogens (tertiary/aromatic N) is 2. The van der Waals surface area contributed by atoms with Gasteiger partial charge in [0.25, 0.3) is 5.91 Å². The number of anilines is 1. The van der Waals surface area contributed by atoms with Gasteiger partial charge in [-0.2, -0.15) is 5.10 Å². The molecule has 1 saturated heterocycles. The highest BCUT2D eigenvalue weighted by Gasteiger charge is 2.22. The normalized spacial score (nSPS) is 14.0. The monoisotopic (exact) mass is 456 g/mol. The zero-order valence-corrected chi connectivity index (χ0v) is 18.3. The van der Waals surface area contributed by atoms with Crippen LogP contribution in [-0.4, -0.2) is 48.5 Å². The number of likely N-dealkylation sites (tertiary alicyclic amines) is 1. The molecule has 2 aromatic rings. The van der Waals surface area contributed by atoms with Crippen molar-refractivity contribution in [1.29, 1.82) is 0 Å². The van der Waals surface area contributed by atoms with E-state index in [1.54, 1.807) is 53.4 Å². The SMILES string of the molecule is O=C(COc1ccc(/C=N\NC(=O)C(=O)N2CCCCCC2)cc1)Nc1cccc(Cl)c1. The Morgan fingerprint density at radius 3 is 2.44 bits per heavy atom. The van der Waals surface area contributed by atoms with Gasteiger partial charge in [-0.15, -0.1) is 0 Å². The van der Waals surface area contributed by atoms with Crippen LogP contribution in [0.15, 0.2) is 53.6 Å². The van der Waals surface area contributed by atoms with Crippen LogP contribution in [0.2, 0.25) is 5.02 Å². The maximum atomic E-state index is 12.2. The molecule has 1 aliphatic rings. The predicted octanol–water partition coefficient (Wildman–Crippen LogP) is 3.21. The van der Waals surface area contributed by atoms with Gasteiger partial charge < -0.3 is 15.0 Å². The summed E-state index contributed by atoms with van der Waals surface area (Å²) in [6, 6.07) is 13.6. The molecule has 9 heteroatoms. The minimum absolute atomic E-state index is 0.158. The molecule has 168 valence electrons.